The van der Waals surface area contributed by atoms with E-state index in [9.17, 15) is 4.79 Å². The van der Waals surface area contributed by atoms with E-state index in [1.54, 1.807) is 12.3 Å². The third kappa shape index (κ3) is 2.86. The van der Waals surface area contributed by atoms with Crippen molar-refractivity contribution >= 4 is 17.6 Å². The fraction of sp³-hybridized carbons (Fsp3) is 0.273. The second kappa shape index (κ2) is 5.63. The summed E-state index contributed by atoms with van der Waals surface area (Å²) in [6.45, 7) is 1.98. The fourth-order valence-corrected chi connectivity index (χ4v) is 1.98. The lowest BCUT2D eigenvalue weighted by atomic mass is 10.1. The summed E-state index contributed by atoms with van der Waals surface area (Å²) in [5, 5.41) is 8.42. The zero-order chi connectivity index (χ0) is 13.0. The molecule has 94 valence electrons. The van der Waals surface area contributed by atoms with Gasteiger partial charge in [-0.3, -0.25) is 9.78 Å². The van der Waals surface area contributed by atoms with E-state index >= 15 is 0 Å². The molecule has 2 heterocycles. The summed E-state index contributed by atoms with van der Waals surface area (Å²) in [5.74, 6) is 1.24. The quantitative estimate of drug-likeness (QED) is 0.793. The van der Waals surface area contributed by atoms with Gasteiger partial charge in [-0.1, -0.05) is 24.8 Å². The van der Waals surface area contributed by atoms with Crippen LogP contribution < -0.4 is 11.3 Å². The van der Waals surface area contributed by atoms with Crippen LogP contribution in [0.4, 0.5) is 5.82 Å². The number of rotatable bonds is 4. The lowest BCUT2D eigenvalue weighted by molar-refractivity contribution is 0.772. The van der Waals surface area contributed by atoms with Crippen LogP contribution in [0.1, 0.15) is 18.2 Å². The van der Waals surface area contributed by atoms with Crippen molar-refractivity contribution in [3.05, 3.63) is 39.9 Å². The highest BCUT2D eigenvalue weighted by Gasteiger charge is 2.08. The maximum Gasteiger partial charge on any atom is 0.273 e. The molecule has 0 aliphatic heterocycles. The number of nitrogen functional groups attached to an aromatic ring is 1. The standard InChI is InChI=1S/C11H13N5OS/c1-2-18-11-14-10(17)8(15-16-11)6-7-4-3-5-13-9(7)12/h3-5H,2,6H2,1H3,(H2,12,13)(H,14,16,17). The molecule has 0 saturated carbocycles. The normalized spacial score (nSPS) is 10.5. The number of nitrogens with zero attached hydrogens (tertiary/aromatic N) is 3. The molecule has 0 atom stereocenters. The van der Waals surface area contributed by atoms with E-state index in [0.717, 1.165) is 11.3 Å². The number of anilines is 1. The Balaban J connectivity index is 2.25. The number of nitrogens with two attached hydrogens (primary N) is 1. The van der Waals surface area contributed by atoms with E-state index in [-0.39, 0.29) is 5.56 Å². The van der Waals surface area contributed by atoms with Crippen LogP contribution in [-0.2, 0) is 6.42 Å². The van der Waals surface area contributed by atoms with E-state index in [1.807, 2.05) is 13.0 Å². The molecule has 6 nitrogen and oxygen atoms in total. The number of thioether (sulfide) groups is 1. The molecule has 0 spiro atoms. The van der Waals surface area contributed by atoms with E-state index < -0.39 is 0 Å². The van der Waals surface area contributed by atoms with Crippen molar-refractivity contribution in [2.24, 2.45) is 0 Å². The predicted molar refractivity (Wildman–Crippen MR) is 70.5 cm³/mol. The van der Waals surface area contributed by atoms with Crippen LogP contribution in [0.15, 0.2) is 28.3 Å². The van der Waals surface area contributed by atoms with Gasteiger partial charge in [0.1, 0.15) is 11.5 Å². The van der Waals surface area contributed by atoms with Crippen LogP contribution in [0.25, 0.3) is 0 Å². The first kappa shape index (κ1) is 12.6. The van der Waals surface area contributed by atoms with Crippen LogP contribution in [0.5, 0.6) is 0 Å². The number of hydrogen-bond acceptors (Lipinski definition) is 6. The van der Waals surface area contributed by atoms with E-state index in [0.29, 0.717) is 23.1 Å². The molecular formula is C11H13N5OS. The van der Waals surface area contributed by atoms with Crippen molar-refractivity contribution in [1.29, 1.82) is 0 Å². The van der Waals surface area contributed by atoms with Gasteiger partial charge in [0.15, 0.2) is 5.16 Å². The molecule has 0 saturated heterocycles. The molecule has 0 aromatic carbocycles. The zero-order valence-corrected chi connectivity index (χ0v) is 10.7. The first-order valence-electron chi connectivity index (χ1n) is 5.48. The van der Waals surface area contributed by atoms with Crippen LogP contribution in [-0.4, -0.2) is 25.9 Å². The third-order valence-corrected chi connectivity index (χ3v) is 3.05. The van der Waals surface area contributed by atoms with Gasteiger partial charge in [0, 0.05) is 18.2 Å². The Bertz CT molecular complexity index is 598. The molecule has 0 amide bonds. The highest BCUT2D eigenvalue weighted by atomic mass is 32.2. The summed E-state index contributed by atoms with van der Waals surface area (Å²) in [6.07, 6.45) is 1.94. The smallest absolute Gasteiger partial charge is 0.273 e. The largest absolute Gasteiger partial charge is 0.383 e. The molecular weight excluding hydrogens is 250 g/mol. The fourth-order valence-electron chi connectivity index (χ4n) is 1.44. The number of aromatic amines is 1. The van der Waals surface area contributed by atoms with Crippen molar-refractivity contribution in [2.75, 3.05) is 11.5 Å². The van der Waals surface area contributed by atoms with Crippen molar-refractivity contribution in [2.45, 2.75) is 18.5 Å². The molecule has 2 rings (SSSR count). The monoisotopic (exact) mass is 263 g/mol. The second-order valence-corrected chi connectivity index (χ2v) is 4.82. The van der Waals surface area contributed by atoms with Gasteiger partial charge in [-0.05, 0) is 11.8 Å². The van der Waals surface area contributed by atoms with E-state index in [2.05, 4.69) is 20.2 Å². The number of aromatic nitrogens is 4. The van der Waals surface area contributed by atoms with Gasteiger partial charge in [-0.15, -0.1) is 10.2 Å². The minimum atomic E-state index is -0.232. The van der Waals surface area contributed by atoms with Gasteiger partial charge in [0.25, 0.3) is 5.56 Å². The van der Waals surface area contributed by atoms with Crippen molar-refractivity contribution in [3.8, 4) is 0 Å². The highest BCUT2D eigenvalue weighted by molar-refractivity contribution is 7.99. The Hall–Kier alpha value is -1.89. The summed E-state index contributed by atoms with van der Waals surface area (Å²) in [5.41, 5.74) is 6.60. The molecule has 0 fully saturated rings. The van der Waals surface area contributed by atoms with Crippen LogP contribution in [0, 0.1) is 0 Å². The zero-order valence-electron chi connectivity index (χ0n) is 9.88. The summed E-state index contributed by atoms with van der Waals surface area (Å²) < 4.78 is 0. The number of pyridine rings is 1. The van der Waals surface area contributed by atoms with Crippen molar-refractivity contribution in [1.82, 2.24) is 20.2 Å². The van der Waals surface area contributed by atoms with Crippen LogP contribution in [0.3, 0.4) is 0 Å². The molecule has 18 heavy (non-hydrogen) atoms. The minimum Gasteiger partial charge on any atom is -0.383 e. The molecule has 2 aromatic rings. The topological polar surface area (TPSA) is 97.5 Å². The van der Waals surface area contributed by atoms with Gasteiger partial charge in [-0.25, -0.2) is 4.98 Å². The minimum absolute atomic E-state index is 0.232. The lowest BCUT2D eigenvalue weighted by Gasteiger charge is -2.03. The van der Waals surface area contributed by atoms with E-state index in [4.69, 9.17) is 5.73 Å². The summed E-state index contributed by atoms with van der Waals surface area (Å²) in [6, 6.07) is 3.59. The summed E-state index contributed by atoms with van der Waals surface area (Å²) >= 11 is 1.44. The first-order chi connectivity index (χ1) is 8.70. The Morgan fingerprint density at radius 3 is 2.94 bits per heavy atom. The third-order valence-electron chi connectivity index (χ3n) is 2.31. The van der Waals surface area contributed by atoms with Crippen molar-refractivity contribution in [3.63, 3.8) is 0 Å². The Morgan fingerprint density at radius 2 is 2.28 bits per heavy atom. The molecule has 7 heteroatoms. The summed E-state index contributed by atoms with van der Waals surface area (Å²) in [4.78, 5) is 18.5. The first-order valence-corrected chi connectivity index (χ1v) is 6.47. The van der Waals surface area contributed by atoms with Gasteiger partial charge in [0.2, 0.25) is 0 Å². The average Bonchev–Trinajstić information content (AvgIpc) is 2.35. The SMILES string of the molecule is CCSc1nnc(Cc2cccnc2N)c(=O)[nH]1. The lowest BCUT2D eigenvalue weighted by Crippen LogP contribution is -2.18. The molecule has 0 radical (unpaired) electrons. The van der Waals surface area contributed by atoms with Gasteiger partial charge >= 0.3 is 0 Å². The van der Waals surface area contributed by atoms with Crippen LogP contribution >= 0.6 is 11.8 Å². The summed E-state index contributed by atoms with van der Waals surface area (Å²) in [7, 11) is 0. The predicted octanol–water partition coefficient (Wildman–Crippen LogP) is 0.845. The highest BCUT2D eigenvalue weighted by Crippen LogP contribution is 2.11. The average molecular weight is 263 g/mol. The number of nitrogens with one attached hydrogen (secondary N) is 1. The maximum atomic E-state index is 11.8. The number of hydrogen-bond donors (Lipinski definition) is 2. The molecule has 2 aromatic heterocycles. The van der Waals surface area contributed by atoms with Gasteiger partial charge in [0.05, 0.1) is 0 Å². The van der Waals surface area contributed by atoms with Crippen molar-refractivity contribution < 1.29 is 0 Å². The maximum absolute atomic E-state index is 11.8. The Kier molecular flexibility index (Phi) is 3.93. The molecule has 0 aliphatic rings. The molecule has 0 aliphatic carbocycles. The molecule has 0 bridgehead atoms. The number of H-pyrrole nitrogens is 1. The second-order valence-electron chi connectivity index (χ2n) is 3.56. The van der Waals surface area contributed by atoms with Gasteiger partial charge < -0.3 is 5.73 Å². The van der Waals surface area contributed by atoms with Gasteiger partial charge in [-0.2, -0.15) is 0 Å². The van der Waals surface area contributed by atoms with Crippen LogP contribution in [0.2, 0.25) is 0 Å². The Labute approximate surface area is 108 Å². The Morgan fingerprint density at radius 1 is 1.44 bits per heavy atom. The van der Waals surface area contributed by atoms with E-state index in [1.165, 1.54) is 11.8 Å². The molecule has 0 unspecified atom stereocenters. The molecule has 3 N–H and O–H groups in total.